The van der Waals surface area contributed by atoms with Crippen LogP contribution in [-0.2, 0) is 28.2 Å². The van der Waals surface area contributed by atoms with Crippen LogP contribution in [0.4, 0.5) is 0 Å². The molecule has 0 bridgehead atoms. The number of carbonyl (C=O) groups excluding carboxylic acids is 2. The number of unbranched alkanes of at least 4 members (excludes halogenated alkanes) is 23. The van der Waals surface area contributed by atoms with Crippen molar-refractivity contribution >= 4 is 19.8 Å². The molecule has 0 unspecified atom stereocenters. The van der Waals surface area contributed by atoms with E-state index in [1.807, 2.05) is 0 Å². The summed E-state index contributed by atoms with van der Waals surface area (Å²) in [6, 6.07) is 0. The Morgan fingerprint density at radius 2 is 0.865 bits per heavy atom. The van der Waals surface area contributed by atoms with Crippen LogP contribution in [0, 0.1) is 0 Å². The van der Waals surface area contributed by atoms with Crippen LogP contribution in [0.25, 0.3) is 0 Å². The Hall–Kier alpha value is -1.73. The number of ether oxygens (including phenoxy) is 2. The van der Waals surface area contributed by atoms with Crippen molar-refractivity contribution in [2.75, 3.05) is 13.2 Å². The van der Waals surface area contributed by atoms with E-state index in [0.717, 1.165) is 64.2 Å². The molecule has 0 aromatic carbocycles. The maximum Gasteiger partial charge on any atom is 0.469 e. The summed E-state index contributed by atoms with van der Waals surface area (Å²) >= 11 is 0. The zero-order valence-electron chi connectivity index (χ0n) is 33.5. The van der Waals surface area contributed by atoms with Crippen LogP contribution in [0.15, 0.2) is 36.5 Å². The molecule has 0 rings (SSSR count). The van der Waals surface area contributed by atoms with Crippen molar-refractivity contribution in [1.29, 1.82) is 0 Å². The minimum Gasteiger partial charge on any atom is -0.462 e. The van der Waals surface area contributed by atoms with Crippen LogP contribution in [0.3, 0.4) is 0 Å². The van der Waals surface area contributed by atoms with E-state index in [9.17, 15) is 14.2 Å². The lowest BCUT2D eigenvalue weighted by atomic mass is 10.1. The summed E-state index contributed by atoms with van der Waals surface area (Å²) in [7, 11) is -4.75. The molecule has 1 atom stereocenters. The Kier molecular flexibility index (Phi) is 37.7. The fourth-order valence-corrected chi connectivity index (χ4v) is 6.29. The maximum atomic E-state index is 12.4. The highest BCUT2D eigenvalue weighted by atomic mass is 31.2. The molecular weight excluding hydrogens is 675 g/mol. The van der Waals surface area contributed by atoms with Crippen molar-refractivity contribution in [2.45, 2.75) is 213 Å². The van der Waals surface area contributed by atoms with Gasteiger partial charge in [0.1, 0.15) is 6.61 Å². The summed E-state index contributed by atoms with van der Waals surface area (Å²) in [6.45, 7) is 3.65. The van der Waals surface area contributed by atoms with Gasteiger partial charge in [0.2, 0.25) is 0 Å². The molecule has 8 nitrogen and oxygen atoms in total. The van der Waals surface area contributed by atoms with E-state index >= 15 is 0 Å². The first-order chi connectivity index (χ1) is 25.3. The third kappa shape index (κ3) is 41.0. The van der Waals surface area contributed by atoms with E-state index < -0.39 is 32.5 Å². The minimum absolute atomic E-state index is 0.206. The molecule has 0 radical (unpaired) electrons. The number of esters is 2. The second-order valence-electron chi connectivity index (χ2n) is 14.3. The van der Waals surface area contributed by atoms with Crippen molar-refractivity contribution in [3.8, 4) is 0 Å². The normalized spacial score (nSPS) is 12.8. The average Bonchev–Trinajstić information content (AvgIpc) is 3.11. The second kappa shape index (κ2) is 39.0. The van der Waals surface area contributed by atoms with Gasteiger partial charge in [-0.3, -0.25) is 14.1 Å². The molecule has 0 fully saturated rings. The van der Waals surface area contributed by atoms with Crippen molar-refractivity contribution in [1.82, 2.24) is 0 Å². The van der Waals surface area contributed by atoms with Gasteiger partial charge in [-0.25, -0.2) is 4.57 Å². The van der Waals surface area contributed by atoms with E-state index in [-0.39, 0.29) is 19.4 Å². The van der Waals surface area contributed by atoms with Crippen LogP contribution >= 0.6 is 7.82 Å². The van der Waals surface area contributed by atoms with Crippen LogP contribution in [0.1, 0.15) is 206 Å². The Labute approximate surface area is 319 Å². The van der Waals surface area contributed by atoms with Gasteiger partial charge in [0.15, 0.2) is 6.10 Å². The van der Waals surface area contributed by atoms with Crippen LogP contribution in [0.5, 0.6) is 0 Å². The van der Waals surface area contributed by atoms with E-state index in [0.29, 0.717) is 6.42 Å². The fourth-order valence-electron chi connectivity index (χ4n) is 5.93. The predicted octanol–water partition coefficient (Wildman–Crippen LogP) is 13.0. The van der Waals surface area contributed by atoms with Crippen LogP contribution in [0.2, 0.25) is 0 Å². The lowest BCUT2D eigenvalue weighted by Gasteiger charge is -2.18. The summed E-state index contributed by atoms with van der Waals surface area (Å²) < 4.78 is 26.4. The number of phosphoric acid groups is 1. The van der Waals surface area contributed by atoms with Gasteiger partial charge >= 0.3 is 19.8 Å². The highest BCUT2D eigenvalue weighted by Crippen LogP contribution is 2.36. The molecule has 0 aliphatic carbocycles. The Bertz CT molecular complexity index is 941. The standard InChI is InChI=1S/C43H79O8P/c1-3-5-7-9-11-13-15-17-19-20-21-22-24-25-27-29-31-33-35-37-42(44)49-39-41(40-50-52(46,47)48)51-43(45)38-36-34-32-30-28-26-23-18-16-14-12-10-8-6-4-2/h11,13-14,16-17,19,41H,3-10,12,15,18,20-40H2,1-2H3,(H2,46,47,48)/b13-11-,16-14-,19-17-/t41-/m1/s1. The lowest BCUT2D eigenvalue weighted by molar-refractivity contribution is -0.161. The van der Waals surface area contributed by atoms with Gasteiger partial charge in [-0.15, -0.1) is 0 Å². The number of hydrogen-bond acceptors (Lipinski definition) is 6. The molecule has 0 spiro atoms. The number of rotatable bonds is 39. The van der Waals surface area contributed by atoms with Crippen molar-refractivity contribution in [2.24, 2.45) is 0 Å². The van der Waals surface area contributed by atoms with Gasteiger partial charge in [-0.2, -0.15) is 0 Å². The second-order valence-corrected chi connectivity index (χ2v) is 15.5. The van der Waals surface area contributed by atoms with Gasteiger partial charge in [0.05, 0.1) is 6.61 Å². The molecule has 2 N–H and O–H groups in total. The molecule has 52 heavy (non-hydrogen) atoms. The van der Waals surface area contributed by atoms with Gasteiger partial charge in [-0.05, 0) is 70.6 Å². The molecule has 0 saturated heterocycles. The van der Waals surface area contributed by atoms with E-state index in [4.69, 9.17) is 19.3 Å². The van der Waals surface area contributed by atoms with Gasteiger partial charge < -0.3 is 19.3 Å². The molecule has 0 aliphatic rings. The lowest BCUT2D eigenvalue weighted by Crippen LogP contribution is -2.29. The number of hydrogen-bond donors (Lipinski definition) is 2. The molecule has 0 amide bonds. The molecule has 0 aliphatic heterocycles. The zero-order valence-corrected chi connectivity index (χ0v) is 34.4. The van der Waals surface area contributed by atoms with E-state index in [1.54, 1.807) is 0 Å². The summed E-state index contributed by atoms with van der Waals surface area (Å²) in [5.74, 6) is -0.891. The third-order valence-electron chi connectivity index (χ3n) is 9.13. The zero-order chi connectivity index (χ0) is 38.2. The van der Waals surface area contributed by atoms with Crippen LogP contribution in [-0.4, -0.2) is 41.0 Å². The monoisotopic (exact) mass is 755 g/mol. The average molecular weight is 755 g/mol. The molecular formula is C43H79O8P. The summed E-state index contributed by atoms with van der Waals surface area (Å²) in [5.41, 5.74) is 0. The largest absolute Gasteiger partial charge is 0.469 e. The topological polar surface area (TPSA) is 119 Å². The first-order valence-corrected chi connectivity index (χ1v) is 22.8. The van der Waals surface area contributed by atoms with Crippen LogP contribution < -0.4 is 0 Å². The summed E-state index contributed by atoms with van der Waals surface area (Å²) in [6.07, 6.45) is 45.7. The highest BCUT2D eigenvalue weighted by Gasteiger charge is 2.22. The number of carbonyl (C=O) groups is 2. The first-order valence-electron chi connectivity index (χ1n) is 21.3. The highest BCUT2D eigenvalue weighted by molar-refractivity contribution is 7.46. The van der Waals surface area contributed by atoms with Crippen molar-refractivity contribution in [3.05, 3.63) is 36.5 Å². The van der Waals surface area contributed by atoms with Crippen molar-refractivity contribution < 1.29 is 37.9 Å². The Morgan fingerprint density at radius 3 is 1.33 bits per heavy atom. The fraction of sp³-hybridized carbons (Fsp3) is 0.814. The smallest absolute Gasteiger partial charge is 0.462 e. The summed E-state index contributed by atoms with van der Waals surface area (Å²) in [4.78, 5) is 42.9. The minimum atomic E-state index is -4.75. The first kappa shape index (κ1) is 50.3. The molecule has 0 saturated carbocycles. The molecule has 304 valence electrons. The number of phosphoric ester groups is 1. The number of allylic oxidation sites excluding steroid dienone is 6. The SMILES string of the molecule is CCCCC/C=C\C/C=C\CCCCCCCCCCCC(=O)OC[C@H](COP(=O)(O)O)OC(=O)CCCCCCCCC/C=C\CCCCCC. The molecule has 0 aromatic rings. The predicted molar refractivity (Wildman–Crippen MR) is 216 cm³/mol. The van der Waals surface area contributed by atoms with Gasteiger partial charge in [0, 0.05) is 12.8 Å². The molecule has 0 aromatic heterocycles. The third-order valence-corrected chi connectivity index (χ3v) is 9.62. The van der Waals surface area contributed by atoms with Gasteiger partial charge in [-0.1, -0.05) is 159 Å². The summed E-state index contributed by atoms with van der Waals surface area (Å²) in [5, 5.41) is 0. The van der Waals surface area contributed by atoms with E-state index in [2.05, 4.69) is 54.8 Å². The van der Waals surface area contributed by atoms with Crippen molar-refractivity contribution in [3.63, 3.8) is 0 Å². The quantitative estimate of drug-likeness (QED) is 0.0275. The molecule has 0 heterocycles. The Morgan fingerprint density at radius 1 is 0.500 bits per heavy atom. The maximum absolute atomic E-state index is 12.4. The molecule has 9 heteroatoms. The van der Waals surface area contributed by atoms with Gasteiger partial charge in [0.25, 0.3) is 0 Å². The van der Waals surface area contributed by atoms with E-state index in [1.165, 1.54) is 109 Å². The Balaban J connectivity index is 3.90.